The molecule has 2 aromatic carbocycles. The van der Waals surface area contributed by atoms with E-state index in [1.165, 1.54) is 0 Å². The summed E-state index contributed by atoms with van der Waals surface area (Å²) >= 11 is 0. The van der Waals surface area contributed by atoms with E-state index in [9.17, 15) is 13.2 Å². The third-order valence-electron chi connectivity index (χ3n) is 4.50. The van der Waals surface area contributed by atoms with E-state index >= 15 is 0 Å². The highest BCUT2D eigenvalue weighted by Crippen LogP contribution is 2.18. The van der Waals surface area contributed by atoms with Crippen molar-refractivity contribution in [2.45, 2.75) is 24.3 Å². The maximum absolute atomic E-state index is 12.5. The van der Waals surface area contributed by atoms with Gasteiger partial charge in [-0.05, 0) is 48.2 Å². The lowest BCUT2D eigenvalue weighted by molar-refractivity contribution is 0.0793. The monoisotopic (exact) mass is 373 g/mol. The SMILES string of the molecule is COc1cccc(CS(=O)(=O)Cc2ccc(C(=O)N3CCCC3)cc2)c1. The van der Waals surface area contributed by atoms with Gasteiger partial charge in [0.25, 0.3) is 5.91 Å². The molecule has 2 aromatic rings. The van der Waals surface area contributed by atoms with E-state index in [1.54, 1.807) is 55.6 Å². The Hall–Kier alpha value is -2.34. The van der Waals surface area contributed by atoms with Gasteiger partial charge in [-0.1, -0.05) is 24.3 Å². The number of hydrogen-bond donors (Lipinski definition) is 0. The first-order chi connectivity index (χ1) is 12.5. The molecule has 1 fully saturated rings. The van der Waals surface area contributed by atoms with Gasteiger partial charge < -0.3 is 9.64 Å². The smallest absolute Gasteiger partial charge is 0.253 e. The summed E-state index contributed by atoms with van der Waals surface area (Å²) in [4.78, 5) is 14.2. The van der Waals surface area contributed by atoms with E-state index in [-0.39, 0.29) is 17.4 Å². The van der Waals surface area contributed by atoms with Crippen molar-refractivity contribution in [2.24, 2.45) is 0 Å². The van der Waals surface area contributed by atoms with E-state index in [0.717, 1.165) is 25.9 Å². The van der Waals surface area contributed by atoms with Crippen molar-refractivity contribution >= 4 is 15.7 Å². The van der Waals surface area contributed by atoms with Gasteiger partial charge in [0.15, 0.2) is 9.84 Å². The Balaban J connectivity index is 1.66. The number of amides is 1. The molecule has 26 heavy (non-hydrogen) atoms. The Bertz CT molecular complexity index is 869. The highest BCUT2D eigenvalue weighted by Gasteiger charge is 2.20. The minimum absolute atomic E-state index is 0.0216. The second-order valence-corrected chi connectivity index (χ2v) is 8.64. The van der Waals surface area contributed by atoms with Crippen LogP contribution in [0.2, 0.25) is 0 Å². The molecule has 0 radical (unpaired) electrons. The van der Waals surface area contributed by atoms with Crippen LogP contribution in [0.1, 0.15) is 34.3 Å². The average molecular weight is 373 g/mol. The van der Waals surface area contributed by atoms with Gasteiger partial charge in [-0.3, -0.25) is 4.79 Å². The highest BCUT2D eigenvalue weighted by atomic mass is 32.2. The van der Waals surface area contributed by atoms with Gasteiger partial charge in [-0.15, -0.1) is 0 Å². The van der Waals surface area contributed by atoms with Gasteiger partial charge in [-0.25, -0.2) is 8.42 Å². The van der Waals surface area contributed by atoms with Crippen molar-refractivity contribution in [3.63, 3.8) is 0 Å². The van der Waals surface area contributed by atoms with Crippen LogP contribution >= 0.6 is 0 Å². The van der Waals surface area contributed by atoms with Crippen LogP contribution in [0.25, 0.3) is 0 Å². The topological polar surface area (TPSA) is 63.7 Å². The Morgan fingerprint density at radius 1 is 1.00 bits per heavy atom. The van der Waals surface area contributed by atoms with Crippen LogP contribution in [0.5, 0.6) is 5.75 Å². The molecule has 0 aromatic heterocycles. The molecule has 3 rings (SSSR count). The molecule has 1 amide bonds. The summed E-state index contributed by atoms with van der Waals surface area (Å²) < 4.78 is 30.1. The second-order valence-electron chi connectivity index (χ2n) is 6.58. The molecule has 0 unspecified atom stereocenters. The number of methoxy groups -OCH3 is 1. The molecule has 1 heterocycles. The summed E-state index contributed by atoms with van der Waals surface area (Å²) in [5.41, 5.74) is 2.00. The second kappa shape index (κ2) is 7.91. The van der Waals surface area contributed by atoms with Crippen LogP contribution in [0.3, 0.4) is 0 Å². The van der Waals surface area contributed by atoms with Crippen LogP contribution in [-0.4, -0.2) is 39.4 Å². The zero-order valence-electron chi connectivity index (χ0n) is 14.8. The lowest BCUT2D eigenvalue weighted by atomic mass is 10.1. The van der Waals surface area contributed by atoms with E-state index < -0.39 is 9.84 Å². The van der Waals surface area contributed by atoms with Gasteiger partial charge >= 0.3 is 0 Å². The van der Waals surface area contributed by atoms with Crippen molar-refractivity contribution in [3.05, 3.63) is 65.2 Å². The molecule has 1 aliphatic heterocycles. The van der Waals surface area contributed by atoms with Crippen LogP contribution in [0.15, 0.2) is 48.5 Å². The van der Waals surface area contributed by atoms with E-state index in [0.29, 0.717) is 22.4 Å². The standard InChI is InChI=1S/C20H23NO4S/c1-25-19-6-4-5-17(13-19)15-26(23,24)14-16-7-9-18(10-8-16)20(22)21-11-2-3-12-21/h4-10,13H,2-3,11-12,14-15H2,1H3. The number of nitrogens with zero attached hydrogens (tertiary/aromatic N) is 1. The third-order valence-corrected chi connectivity index (χ3v) is 6.05. The summed E-state index contributed by atoms with van der Waals surface area (Å²) in [6.45, 7) is 1.60. The molecule has 0 spiro atoms. The molecule has 5 nitrogen and oxygen atoms in total. The molecule has 0 aliphatic carbocycles. The normalized spacial score (nSPS) is 14.4. The summed E-state index contributed by atoms with van der Waals surface area (Å²) in [7, 11) is -1.76. The number of sulfone groups is 1. The fraction of sp³-hybridized carbons (Fsp3) is 0.350. The molecule has 0 saturated carbocycles. The first-order valence-electron chi connectivity index (χ1n) is 8.68. The van der Waals surface area contributed by atoms with Crippen molar-refractivity contribution in [1.82, 2.24) is 4.90 Å². The molecule has 1 saturated heterocycles. The van der Waals surface area contributed by atoms with Crippen molar-refractivity contribution in [1.29, 1.82) is 0 Å². The maximum atomic E-state index is 12.5. The minimum Gasteiger partial charge on any atom is -0.497 e. The molecule has 138 valence electrons. The quantitative estimate of drug-likeness (QED) is 0.781. The molecular weight excluding hydrogens is 350 g/mol. The van der Waals surface area contributed by atoms with Crippen LogP contribution < -0.4 is 4.74 Å². The number of likely N-dealkylation sites (tertiary alicyclic amines) is 1. The van der Waals surface area contributed by atoms with Crippen molar-refractivity contribution < 1.29 is 17.9 Å². The van der Waals surface area contributed by atoms with Crippen LogP contribution in [-0.2, 0) is 21.3 Å². The number of ether oxygens (including phenoxy) is 1. The molecular formula is C20H23NO4S. The highest BCUT2D eigenvalue weighted by molar-refractivity contribution is 7.89. The predicted molar refractivity (Wildman–Crippen MR) is 101 cm³/mol. The third kappa shape index (κ3) is 4.64. The van der Waals surface area contributed by atoms with E-state index in [1.807, 2.05) is 4.90 Å². The molecule has 0 atom stereocenters. The number of benzene rings is 2. The summed E-state index contributed by atoms with van der Waals surface area (Å²) in [5.74, 6) is 0.567. The molecule has 6 heteroatoms. The van der Waals surface area contributed by atoms with Gasteiger partial charge in [0.05, 0.1) is 18.6 Å². The molecule has 0 bridgehead atoms. The molecule has 0 N–H and O–H groups in total. The lowest BCUT2D eigenvalue weighted by Crippen LogP contribution is -2.27. The summed E-state index contributed by atoms with van der Waals surface area (Å²) in [6, 6.07) is 14.0. The first-order valence-corrected chi connectivity index (χ1v) is 10.5. The number of hydrogen-bond acceptors (Lipinski definition) is 4. The Labute approximate surface area is 154 Å². The van der Waals surface area contributed by atoms with Crippen molar-refractivity contribution in [3.8, 4) is 5.75 Å². The van der Waals surface area contributed by atoms with Gasteiger partial charge in [-0.2, -0.15) is 0 Å². The minimum atomic E-state index is -3.31. The Morgan fingerprint density at radius 2 is 1.65 bits per heavy atom. The maximum Gasteiger partial charge on any atom is 0.253 e. The van der Waals surface area contributed by atoms with Crippen LogP contribution in [0, 0.1) is 0 Å². The van der Waals surface area contributed by atoms with Gasteiger partial charge in [0, 0.05) is 18.7 Å². The van der Waals surface area contributed by atoms with Crippen molar-refractivity contribution in [2.75, 3.05) is 20.2 Å². The number of carbonyl (C=O) groups is 1. The average Bonchev–Trinajstić information content (AvgIpc) is 3.16. The fourth-order valence-corrected chi connectivity index (χ4v) is 4.66. The van der Waals surface area contributed by atoms with E-state index in [2.05, 4.69) is 0 Å². The summed E-state index contributed by atoms with van der Waals surface area (Å²) in [5, 5.41) is 0. The Kier molecular flexibility index (Phi) is 5.61. The van der Waals surface area contributed by atoms with Gasteiger partial charge in [0.2, 0.25) is 0 Å². The number of carbonyl (C=O) groups excluding carboxylic acids is 1. The largest absolute Gasteiger partial charge is 0.497 e. The molecule has 1 aliphatic rings. The number of rotatable bonds is 6. The lowest BCUT2D eigenvalue weighted by Gasteiger charge is -2.15. The van der Waals surface area contributed by atoms with Crippen LogP contribution in [0.4, 0.5) is 0 Å². The first kappa shape index (κ1) is 18.5. The zero-order chi connectivity index (χ0) is 18.6. The van der Waals surface area contributed by atoms with E-state index in [4.69, 9.17) is 4.74 Å². The zero-order valence-corrected chi connectivity index (χ0v) is 15.7. The summed E-state index contributed by atoms with van der Waals surface area (Å²) in [6.07, 6.45) is 2.10. The Morgan fingerprint density at radius 3 is 2.31 bits per heavy atom. The predicted octanol–water partition coefficient (Wildman–Crippen LogP) is 3.05. The van der Waals surface area contributed by atoms with Gasteiger partial charge in [0.1, 0.15) is 5.75 Å². The fourth-order valence-electron chi connectivity index (χ4n) is 3.17.